The van der Waals surface area contributed by atoms with E-state index in [0.29, 0.717) is 22.1 Å². The lowest BCUT2D eigenvalue weighted by atomic mass is 10.2. The second-order valence-corrected chi connectivity index (χ2v) is 6.67. The highest BCUT2D eigenvalue weighted by molar-refractivity contribution is 7.89. The predicted molar refractivity (Wildman–Crippen MR) is 83.2 cm³/mol. The van der Waals surface area contributed by atoms with E-state index in [4.69, 9.17) is 27.2 Å². The van der Waals surface area contributed by atoms with Crippen LogP contribution in [0.1, 0.15) is 11.1 Å². The standard InChI is InChI=1S/C14H15ClN2O3S/c1-8-5-10(15)3-4-12(8)20-13-6-11(16)7-14(9(13)2)21(17,18)19/h3-7H,16H2,1-2H3,(H2,17,18,19). The smallest absolute Gasteiger partial charge is 0.238 e. The number of ether oxygens (including phenoxy) is 1. The number of halogens is 1. The summed E-state index contributed by atoms with van der Waals surface area (Å²) in [6.45, 7) is 3.45. The Kier molecular flexibility index (Phi) is 4.13. The lowest BCUT2D eigenvalue weighted by molar-refractivity contribution is 0.473. The van der Waals surface area contributed by atoms with E-state index in [1.807, 2.05) is 6.92 Å². The van der Waals surface area contributed by atoms with Gasteiger partial charge in [-0.05, 0) is 43.7 Å². The van der Waals surface area contributed by atoms with Crippen molar-refractivity contribution in [1.29, 1.82) is 0 Å². The van der Waals surface area contributed by atoms with Gasteiger partial charge in [0.05, 0.1) is 4.90 Å². The molecule has 0 saturated heterocycles. The number of sulfonamides is 1. The Balaban J connectivity index is 2.52. The van der Waals surface area contributed by atoms with E-state index in [1.54, 1.807) is 31.2 Å². The van der Waals surface area contributed by atoms with Gasteiger partial charge in [0.25, 0.3) is 0 Å². The Morgan fingerprint density at radius 3 is 2.33 bits per heavy atom. The van der Waals surface area contributed by atoms with E-state index in [2.05, 4.69) is 0 Å². The fourth-order valence-electron chi connectivity index (χ4n) is 1.93. The van der Waals surface area contributed by atoms with Crippen LogP contribution in [0.15, 0.2) is 35.2 Å². The van der Waals surface area contributed by atoms with Gasteiger partial charge in [-0.2, -0.15) is 0 Å². The Bertz CT molecular complexity index is 804. The van der Waals surface area contributed by atoms with Gasteiger partial charge in [0.2, 0.25) is 10.0 Å². The fourth-order valence-corrected chi connectivity index (χ4v) is 2.98. The summed E-state index contributed by atoms with van der Waals surface area (Å²) in [5.41, 5.74) is 7.20. The summed E-state index contributed by atoms with van der Waals surface area (Å²) in [7, 11) is -3.87. The van der Waals surface area contributed by atoms with Crippen LogP contribution in [0, 0.1) is 13.8 Å². The van der Waals surface area contributed by atoms with Crippen LogP contribution in [0.25, 0.3) is 0 Å². The summed E-state index contributed by atoms with van der Waals surface area (Å²) in [5.74, 6) is 0.901. The average molecular weight is 327 g/mol. The molecule has 5 nitrogen and oxygen atoms in total. The molecule has 0 saturated carbocycles. The summed E-state index contributed by atoms with van der Waals surface area (Å²) >= 11 is 5.89. The zero-order valence-corrected chi connectivity index (χ0v) is 13.1. The van der Waals surface area contributed by atoms with E-state index in [9.17, 15) is 8.42 Å². The van der Waals surface area contributed by atoms with Crippen LogP contribution in [0.2, 0.25) is 5.02 Å². The molecule has 0 aromatic heterocycles. The molecule has 0 atom stereocenters. The maximum absolute atomic E-state index is 11.6. The Morgan fingerprint density at radius 1 is 1.10 bits per heavy atom. The molecule has 4 N–H and O–H groups in total. The monoisotopic (exact) mass is 326 g/mol. The topological polar surface area (TPSA) is 95.4 Å². The van der Waals surface area contributed by atoms with Crippen LogP contribution in [-0.2, 0) is 10.0 Å². The van der Waals surface area contributed by atoms with Gasteiger partial charge in [0, 0.05) is 22.3 Å². The maximum atomic E-state index is 11.6. The minimum atomic E-state index is -3.87. The van der Waals surface area contributed by atoms with Crippen LogP contribution in [0.4, 0.5) is 5.69 Å². The summed E-state index contributed by atoms with van der Waals surface area (Å²) in [6, 6.07) is 8.01. The number of benzene rings is 2. The maximum Gasteiger partial charge on any atom is 0.238 e. The molecule has 7 heteroatoms. The van der Waals surface area contributed by atoms with Gasteiger partial charge in [-0.25, -0.2) is 13.6 Å². The number of hydrogen-bond donors (Lipinski definition) is 2. The molecular formula is C14H15ClN2O3S. The van der Waals surface area contributed by atoms with E-state index in [1.165, 1.54) is 6.07 Å². The lowest BCUT2D eigenvalue weighted by Crippen LogP contribution is -2.14. The minimum absolute atomic E-state index is 0.0517. The van der Waals surface area contributed by atoms with Crippen LogP contribution in [-0.4, -0.2) is 8.42 Å². The number of anilines is 1. The van der Waals surface area contributed by atoms with Crippen molar-refractivity contribution >= 4 is 27.3 Å². The Labute approximate surface area is 128 Å². The van der Waals surface area contributed by atoms with E-state index in [-0.39, 0.29) is 10.6 Å². The van der Waals surface area contributed by atoms with Crippen molar-refractivity contribution in [3.05, 3.63) is 46.5 Å². The first-order valence-corrected chi connectivity index (χ1v) is 7.98. The normalized spacial score (nSPS) is 11.4. The van der Waals surface area contributed by atoms with Gasteiger partial charge in [-0.1, -0.05) is 11.6 Å². The molecule has 0 spiro atoms. The third-order valence-electron chi connectivity index (χ3n) is 3.00. The molecule has 2 aromatic rings. The number of rotatable bonds is 3. The Hall–Kier alpha value is -1.76. The first kappa shape index (κ1) is 15.6. The van der Waals surface area contributed by atoms with Crippen molar-refractivity contribution in [2.75, 3.05) is 5.73 Å². The van der Waals surface area contributed by atoms with Crippen molar-refractivity contribution in [3.8, 4) is 11.5 Å². The quantitative estimate of drug-likeness (QED) is 0.847. The molecule has 2 aromatic carbocycles. The zero-order chi connectivity index (χ0) is 15.8. The van der Waals surface area contributed by atoms with E-state index in [0.717, 1.165) is 5.56 Å². The number of nitrogen functional groups attached to an aromatic ring is 1. The van der Waals surface area contributed by atoms with E-state index >= 15 is 0 Å². The van der Waals surface area contributed by atoms with Crippen LogP contribution < -0.4 is 15.6 Å². The average Bonchev–Trinajstić information content (AvgIpc) is 2.35. The molecule has 0 amide bonds. The fraction of sp³-hybridized carbons (Fsp3) is 0.143. The number of nitrogens with two attached hydrogens (primary N) is 2. The number of primary sulfonamides is 1. The zero-order valence-electron chi connectivity index (χ0n) is 11.6. The molecule has 112 valence electrons. The summed E-state index contributed by atoms with van der Waals surface area (Å²) in [6.07, 6.45) is 0. The molecule has 0 aliphatic carbocycles. The van der Waals surface area contributed by atoms with Crippen molar-refractivity contribution in [2.24, 2.45) is 5.14 Å². The molecule has 0 heterocycles. The highest BCUT2D eigenvalue weighted by atomic mass is 35.5. The molecule has 0 aliphatic rings. The molecule has 0 radical (unpaired) electrons. The van der Waals surface area contributed by atoms with Crippen molar-refractivity contribution in [3.63, 3.8) is 0 Å². The second-order valence-electron chi connectivity index (χ2n) is 4.70. The van der Waals surface area contributed by atoms with Gasteiger partial charge < -0.3 is 10.5 Å². The first-order valence-electron chi connectivity index (χ1n) is 6.05. The largest absolute Gasteiger partial charge is 0.457 e. The molecule has 0 fully saturated rings. The van der Waals surface area contributed by atoms with Gasteiger partial charge in [-0.15, -0.1) is 0 Å². The summed E-state index contributed by atoms with van der Waals surface area (Å²) in [5, 5.41) is 5.77. The first-order chi connectivity index (χ1) is 9.68. The summed E-state index contributed by atoms with van der Waals surface area (Å²) < 4.78 is 28.9. The van der Waals surface area contributed by atoms with Crippen LogP contribution >= 0.6 is 11.6 Å². The lowest BCUT2D eigenvalue weighted by Gasteiger charge is -2.14. The third kappa shape index (κ3) is 3.47. The molecule has 0 aliphatic heterocycles. The van der Waals surface area contributed by atoms with Crippen molar-refractivity contribution in [2.45, 2.75) is 18.7 Å². The van der Waals surface area contributed by atoms with Gasteiger partial charge in [0.1, 0.15) is 11.5 Å². The SMILES string of the molecule is Cc1cc(Cl)ccc1Oc1cc(N)cc(S(N)(=O)=O)c1C. The number of hydrogen-bond acceptors (Lipinski definition) is 4. The summed E-state index contributed by atoms with van der Waals surface area (Å²) in [4.78, 5) is -0.0517. The van der Waals surface area contributed by atoms with Crippen molar-refractivity contribution in [1.82, 2.24) is 0 Å². The molecule has 0 bridgehead atoms. The number of aryl methyl sites for hydroxylation is 1. The molecule has 21 heavy (non-hydrogen) atoms. The molecular weight excluding hydrogens is 312 g/mol. The predicted octanol–water partition coefficient (Wildman–Crippen LogP) is 2.98. The van der Waals surface area contributed by atoms with Gasteiger partial charge in [0.15, 0.2) is 0 Å². The Morgan fingerprint density at radius 2 is 1.76 bits per heavy atom. The molecule has 2 rings (SSSR count). The van der Waals surface area contributed by atoms with E-state index < -0.39 is 10.0 Å². The third-order valence-corrected chi connectivity index (χ3v) is 4.27. The molecule has 0 unspecified atom stereocenters. The van der Waals surface area contributed by atoms with Crippen molar-refractivity contribution < 1.29 is 13.2 Å². The highest BCUT2D eigenvalue weighted by Gasteiger charge is 2.17. The highest BCUT2D eigenvalue weighted by Crippen LogP contribution is 2.33. The van der Waals surface area contributed by atoms with Gasteiger partial charge >= 0.3 is 0 Å². The minimum Gasteiger partial charge on any atom is -0.457 e. The second kappa shape index (κ2) is 5.55. The van der Waals surface area contributed by atoms with Crippen LogP contribution in [0.5, 0.6) is 11.5 Å². The van der Waals surface area contributed by atoms with Gasteiger partial charge in [-0.3, -0.25) is 0 Å². The van der Waals surface area contributed by atoms with Crippen LogP contribution in [0.3, 0.4) is 0 Å².